The van der Waals surface area contributed by atoms with E-state index in [2.05, 4.69) is 26.0 Å². The van der Waals surface area contributed by atoms with Gasteiger partial charge in [-0.1, -0.05) is 0 Å². The Kier molecular flexibility index (Phi) is 2.02. The van der Waals surface area contributed by atoms with E-state index in [0.29, 0.717) is 11.5 Å². The maximum Gasteiger partial charge on any atom is 0.169 e. The smallest absolute Gasteiger partial charge is 0.169 e. The second kappa shape index (κ2) is 3.18. The van der Waals surface area contributed by atoms with Crippen LogP contribution in [-0.4, -0.2) is 14.8 Å². The van der Waals surface area contributed by atoms with Gasteiger partial charge in [-0.3, -0.25) is 0 Å². The van der Waals surface area contributed by atoms with Crippen LogP contribution in [0.4, 0.5) is 5.69 Å². The van der Waals surface area contributed by atoms with Crippen LogP contribution in [-0.2, 0) is 0 Å². The Hall–Kier alpha value is -1.36. The summed E-state index contributed by atoms with van der Waals surface area (Å²) in [6.07, 6.45) is 5.15. The van der Waals surface area contributed by atoms with Gasteiger partial charge in [-0.2, -0.15) is 5.10 Å². The summed E-state index contributed by atoms with van der Waals surface area (Å²) in [6.45, 7) is 0. The number of hydrogen-bond donors (Lipinski definition) is 1. The zero-order valence-corrected chi connectivity index (χ0v) is 8.27. The highest BCUT2D eigenvalue weighted by Gasteiger charge is 2.05. The monoisotopic (exact) mass is 238 g/mol. The Balaban J connectivity index is 2.59. The average molecular weight is 239 g/mol. The van der Waals surface area contributed by atoms with Gasteiger partial charge in [0, 0.05) is 18.6 Å². The fraction of sp³-hybridized carbons (Fsp3) is 0. The van der Waals surface area contributed by atoms with E-state index >= 15 is 0 Å². The van der Waals surface area contributed by atoms with Crippen molar-refractivity contribution in [3.63, 3.8) is 0 Å². The molecule has 13 heavy (non-hydrogen) atoms. The standard InChI is InChI=1S/C8H7BrN4/c9-7-6(10)2-4-11-8(7)13-5-1-3-12-13/h1-5H,(H2,10,11). The summed E-state index contributed by atoms with van der Waals surface area (Å²) in [6, 6.07) is 3.56. The summed E-state index contributed by atoms with van der Waals surface area (Å²) in [5, 5.41) is 4.06. The molecule has 2 heterocycles. The number of rotatable bonds is 1. The first kappa shape index (κ1) is 8.25. The third-order valence-electron chi connectivity index (χ3n) is 1.62. The van der Waals surface area contributed by atoms with E-state index in [0.717, 1.165) is 4.47 Å². The van der Waals surface area contributed by atoms with Gasteiger partial charge in [0.05, 0.1) is 10.2 Å². The molecule has 2 aromatic heterocycles. The number of anilines is 1. The van der Waals surface area contributed by atoms with Gasteiger partial charge in [0.2, 0.25) is 0 Å². The summed E-state index contributed by atoms with van der Waals surface area (Å²) in [7, 11) is 0. The van der Waals surface area contributed by atoms with Crippen LogP contribution in [0, 0.1) is 0 Å². The first-order chi connectivity index (χ1) is 6.29. The van der Waals surface area contributed by atoms with Crippen molar-refractivity contribution in [3.8, 4) is 5.82 Å². The van der Waals surface area contributed by atoms with Gasteiger partial charge in [-0.05, 0) is 28.1 Å². The Morgan fingerprint density at radius 1 is 1.38 bits per heavy atom. The number of nitrogen functional groups attached to an aromatic ring is 1. The predicted molar refractivity (Wildman–Crippen MR) is 53.5 cm³/mol. The maximum absolute atomic E-state index is 5.70. The number of hydrogen-bond acceptors (Lipinski definition) is 3. The molecule has 66 valence electrons. The SMILES string of the molecule is Nc1ccnc(-n2cccn2)c1Br. The van der Waals surface area contributed by atoms with Gasteiger partial charge in [-0.15, -0.1) is 0 Å². The highest BCUT2D eigenvalue weighted by molar-refractivity contribution is 9.10. The number of halogens is 1. The summed E-state index contributed by atoms with van der Waals surface area (Å²) >= 11 is 3.35. The van der Waals surface area contributed by atoms with Crippen molar-refractivity contribution in [2.24, 2.45) is 0 Å². The average Bonchev–Trinajstić information content (AvgIpc) is 2.62. The number of pyridine rings is 1. The largest absolute Gasteiger partial charge is 0.398 e. The van der Waals surface area contributed by atoms with E-state index in [1.807, 2.05) is 12.3 Å². The number of nitrogens with zero attached hydrogens (tertiary/aromatic N) is 3. The first-order valence-electron chi connectivity index (χ1n) is 3.69. The molecule has 2 aromatic rings. The van der Waals surface area contributed by atoms with Crippen molar-refractivity contribution in [1.29, 1.82) is 0 Å². The Morgan fingerprint density at radius 2 is 2.23 bits per heavy atom. The van der Waals surface area contributed by atoms with Crippen LogP contribution in [0.2, 0.25) is 0 Å². The molecule has 0 bridgehead atoms. The lowest BCUT2D eigenvalue weighted by molar-refractivity contribution is 0.842. The van der Waals surface area contributed by atoms with E-state index in [1.165, 1.54) is 0 Å². The predicted octanol–water partition coefficient (Wildman–Crippen LogP) is 1.61. The molecule has 0 aromatic carbocycles. The molecule has 0 amide bonds. The van der Waals surface area contributed by atoms with Crippen LogP contribution in [0.15, 0.2) is 35.2 Å². The van der Waals surface area contributed by atoms with E-state index < -0.39 is 0 Å². The minimum atomic E-state index is 0.653. The minimum Gasteiger partial charge on any atom is -0.398 e. The van der Waals surface area contributed by atoms with E-state index in [9.17, 15) is 0 Å². The van der Waals surface area contributed by atoms with Crippen LogP contribution in [0.3, 0.4) is 0 Å². The molecule has 2 N–H and O–H groups in total. The molecule has 0 unspecified atom stereocenters. The molecule has 0 aliphatic heterocycles. The van der Waals surface area contributed by atoms with Gasteiger partial charge >= 0.3 is 0 Å². The van der Waals surface area contributed by atoms with E-state index in [4.69, 9.17) is 5.73 Å². The molecule has 0 aliphatic carbocycles. The molecule has 4 nitrogen and oxygen atoms in total. The fourth-order valence-corrected chi connectivity index (χ4v) is 1.42. The second-order valence-electron chi connectivity index (χ2n) is 2.49. The van der Waals surface area contributed by atoms with Crippen molar-refractivity contribution in [1.82, 2.24) is 14.8 Å². The van der Waals surface area contributed by atoms with Crippen LogP contribution in [0.1, 0.15) is 0 Å². The summed E-state index contributed by atoms with van der Waals surface area (Å²) < 4.78 is 2.42. The van der Waals surface area contributed by atoms with Gasteiger partial charge in [0.25, 0.3) is 0 Å². The third kappa shape index (κ3) is 1.42. The lowest BCUT2D eigenvalue weighted by atomic mass is 10.4. The third-order valence-corrected chi connectivity index (χ3v) is 2.43. The number of nitrogens with two attached hydrogens (primary N) is 1. The van der Waals surface area contributed by atoms with Gasteiger partial charge in [-0.25, -0.2) is 9.67 Å². The molecule has 0 aliphatic rings. The summed E-state index contributed by atoms with van der Waals surface area (Å²) in [5.41, 5.74) is 6.35. The lowest BCUT2D eigenvalue weighted by Crippen LogP contribution is -2.00. The Labute approximate surface area is 83.5 Å². The van der Waals surface area contributed by atoms with Crippen LogP contribution in [0.25, 0.3) is 5.82 Å². The highest BCUT2D eigenvalue weighted by atomic mass is 79.9. The number of aromatic nitrogens is 3. The molecule has 0 saturated carbocycles. The topological polar surface area (TPSA) is 56.7 Å². The van der Waals surface area contributed by atoms with Crippen LogP contribution < -0.4 is 5.73 Å². The minimum absolute atomic E-state index is 0.653. The van der Waals surface area contributed by atoms with E-state index in [1.54, 1.807) is 23.1 Å². The Morgan fingerprint density at radius 3 is 2.92 bits per heavy atom. The van der Waals surface area contributed by atoms with Crippen LogP contribution >= 0.6 is 15.9 Å². The maximum atomic E-state index is 5.70. The van der Waals surface area contributed by atoms with Crippen molar-refractivity contribution < 1.29 is 0 Å². The normalized spacial score (nSPS) is 10.2. The highest BCUT2D eigenvalue weighted by Crippen LogP contribution is 2.23. The molecule has 0 atom stereocenters. The molecule has 0 radical (unpaired) electrons. The summed E-state index contributed by atoms with van der Waals surface area (Å²) in [5.74, 6) is 0.699. The zero-order valence-electron chi connectivity index (χ0n) is 6.68. The van der Waals surface area contributed by atoms with Crippen molar-refractivity contribution in [2.45, 2.75) is 0 Å². The van der Waals surface area contributed by atoms with Crippen molar-refractivity contribution >= 4 is 21.6 Å². The quantitative estimate of drug-likeness (QED) is 0.822. The van der Waals surface area contributed by atoms with Crippen molar-refractivity contribution in [3.05, 3.63) is 35.2 Å². The molecule has 2 rings (SSSR count). The van der Waals surface area contributed by atoms with E-state index in [-0.39, 0.29) is 0 Å². The molecule has 0 spiro atoms. The molecular weight excluding hydrogens is 232 g/mol. The first-order valence-corrected chi connectivity index (χ1v) is 4.48. The molecular formula is C8H7BrN4. The van der Waals surface area contributed by atoms with Gasteiger partial charge in [0.15, 0.2) is 5.82 Å². The van der Waals surface area contributed by atoms with Gasteiger partial charge < -0.3 is 5.73 Å². The molecule has 0 fully saturated rings. The fourth-order valence-electron chi connectivity index (χ4n) is 1.00. The van der Waals surface area contributed by atoms with Crippen LogP contribution in [0.5, 0.6) is 0 Å². The zero-order chi connectivity index (χ0) is 9.26. The Bertz CT molecular complexity index is 410. The van der Waals surface area contributed by atoms with Gasteiger partial charge in [0.1, 0.15) is 0 Å². The molecule has 5 heteroatoms. The summed E-state index contributed by atoms with van der Waals surface area (Å²) in [4.78, 5) is 4.16. The molecule has 0 saturated heterocycles. The van der Waals surface area contributed by atoms with Crippen molar-refractivity contribution in [2.75, 3.05) is 5.73 Å². The second-order valence-corrected chi connectivity index (χ2v) is 3.28. The lowest BCUT2D eigenvalue weighted by Gasteiger charge is -2.04.